The van der Waals surface area contributed by atoms with Crippen LogP contribution in [-0.2, 0) is 6.61 Å². The highest BCUT2D eigenvalue weighted by molar-refractivity contribution is 5.31. The highest BCUT2D eigenvalue weighted by Gasteiger charge is 2.34. The molecule has 1 aliphatic rings. The smallest absolute Gasteiger partial charge is 0.120 e. The molecule has 0 bridgehead atoms. The fourth-order valence-electron chi connectivity index (χ4n) is 2.64. The molecule has 0 N–H and O–H groups in total. The molecule has 23 heavy (non-hydrogen) atoms. The van der Waals surface area contributed by atoms with E-state index >= 15 is 0 Å². The first-order chi connectivity index (χ1) is 11.2. The molecule has 3 heteroatoms. The van der Waals surface area contributed by atoms with Gasteiger partial charge in [-0.1, -0.05) is 44.2 Å². The maximum atomic E-state index is 5.86. The van der Waals surface area contributed by atoms with E-state index in [0.29, 0.717) is 12.6 Å². The van der Waals surface area contributed by atoms with Crippen molar-refractivity contribution in [1.82, 2.24) is 4.90 Å². The third-order valence-corrected chi connectivity index (χ3v) is 3.94. The molecule has 0 spiro atoms. The molecule has 2 unspecified atom stereocenters. The van der Waals surface area contributed by atoms with Gasteiger partial charge < -0.3 is 9.47 Å². The summed E-state index contributed by atoms with van der Waals surface area (Å²) in [6.45, 7) is 8.20. The van der Waals surface area contributed by atoms with Gasteiger partial charge in [0.05, 0.1) is 6.04 Å². The lowest BCUT2D eigenvalue weighted by molar-refractivity contribution is 0.284. The van der Waals surface area contributed by atoms with Crippen LogP contribution in [0.3, 0.4) is 0 Å². The zero-order valence-electron chi connectivity index (χ0n) is 13.9. The summed E-state index contributed by atoms with van der Waals surface area (Å²) in [7, 11) is 0. The van der Waals surface area contributed by atoms with Gasteiger partial charge >= 0.3 is 0 Å². The molecule has 0 saturated carbocycles. The van der Waals surface area contributed by atoms with Gasteiger partial charge in [-0.25, -0.2) is 0 Å². The Morgan fingerprint density at radius 2 is 1.61 bits per heavy atom. The topological polar surface area (TPSA) is 21.5 Å². The summed E-state index contributed by atoms with van der Waals surface area (Å²) in [5.41, 5.74) is 1.17. The van der Waals surface area contributed by atoms with E-state index in [4.69, 9.17) is 9.47 Å². The SMILES string of the molecule is CC(C)CN1CC1COc1ccc(OCc2ccccc2)cc1. The Morgan fingerprint density at radius 1 is 0.957 bits per heavy atom. The van der Waals surface area contributed by atoms with E-state index in [1.165, 1.54) is 12.1 Å². The van der Waals surface area contributed by atoms with Gasteiger partial charge in [-0.05, 0) is 35.7 Å². The van der Waals surface area contributed by atoms with Crippen molar-refractivity contribution >= 4 is 0 Å². The number of nitrogens with zero attached hydrogens (tertiary/aromatic N) is 1. The average molecular weight is 311 g/mol. The molecule has 1 heterocycles. The predicted octanol–water partition coefficient (Wildman–Crippen LogP) is 3.98. The van der Waals surface area contributed by atoms with Gasteiger partial charge in [0.1, 0.15) is 24.7 Å². The second kappa shape index (κ2) is 7.51. The summed E-state index contributed by atoms with van der Waals surface area (Å²) in [5.74, 6) is 2.50. The summed E-state index contributed by atoms with van der Waals surface area (Å²) in [6.07, 6.45) is 0. The Bertz CT molecular complexity index is 595. The fourth-order valence-corrected chi connectivity index (χ4v) is 2.64. The maximum Gasteiger partial charge on any atom is 0.120 e. The van der Waals surface area contributed by atoms with Crippen LogP contribution in [0, 0.1) is 5.92 Å². The van der Waals surface area contributed by atoms with Crippen LogP contribution in [0.5, 0.6) is 11.5 Å². The van der Waals surface area contributed by atoms with Crippen LogP contribution >= 0.6 is 0 Å². The minimum absolute atomic E-state index is 0.589. The van der Waals surface area contributed by atoms with Crippen LogP contribution in [0.25, 0.3) is 0 Å². The predicted molar refractivity (Wildman–Crippen MR) is 92.9 cm³/mol. The Morgan fingerprint density at radius 3 is 2.26 bits per heavy atom. The number of hydrogen-bond donors (Lipinski definition) is 0. The number of hydrogen-bond acceptors (Lipinski definition) is 3. The van der Waals surface area contributed by atoms with Gasteiger partial charge in [0, 0.05) is 13.1 Å². The van der Waals surface area contributed by atoms with Crippen molar-refractivity contribution in [3.05, 3.63) is 60.2 Å². The zero-order chi connectivity index (χ0) is 16.1. The fraction of sp³-hybridized carbons (Fsp3) is 0.400. The van der Waals surface area contributed by atoms with Crippen LogP contribution in [0.1, 0.15) is 19.4 Å². The third kappa shape index (κ3) is 5.00. The molecule has 3 rings (SSSR count). The molecular weight excluding hydrogens is 286 g/mol. The van der Waals surface area contributed by atoms with Crippen molar-refractivity contribution in [2.24, 2.45) is 5.92 Å². The lowest BCUT2D eigenvalue weighted by Crippen LogP contribution is -2.14. The summed E-state index contributed by atoms with van der Waals surface area (Å²) in [4.78, 5) is 2.46. The van der Waals surface area contributed by atoms with Crippen molar-refractivity contribution in [2.45, 2.75) is 26.5 Å². The van der Waals surface area contributed by atoms with Crippen LogP contribution < -0.4 is 9.47 Å². The second-order valence-corrected chi connectivity index (χ2v) is 6.56. The van der Waals surface area contributed by atoms with Crippen molar-refractivity contribution in [3.8, 4) is 11.5 Å². The lowest BCUT2D eigenvalue weighted by atomic mass is 10.2. The van der Waals surface area contributed by atoms with Crippen LogP contribution in [0.2, 0.25) is 0 Å². The van der Waals surface area contributed by atoms with Gasteiger partial charge in [-0.15, -0.1) is 0 Å². The monoisotopic (exact) mass is 311 g/mol. The largest absolute Gasteiger partial charge is 0.492 e. The van der Waals surface area contributed by atoms with Gasteiger partial charge in [-0.2, -0.15) is 0 Å². The first-order valence-electron chi connectivity index (χ1n) is 8.34. The summed E-state index contributed by atoms with van der Waals surface area (Å²) < 4.78 is 11.6. The summed E-state index contributed by atoms with van der Waals surface area (Å²) in [6, 6.07) is 18.7. The first kappa shape index (κ1) is 15.9. The van der Waals surface area contributed by atoms with Gasteiger partial charge in [0.2, 0.25) is 0 Å². The number of benzene rings is 2. The Kier molecular flexibility index (Phi) is 5.19. The van der Waals surface area contributed by atoms with Crippen LogP contribution in [0.15, 0.2) is 54.6 Å². The number of ether oxygens (including phenoxy) is 2. The van der Waals surface area contributed by atoms with Crippen molar-refractivity contribution in [3.63, 3.8) is 0 Å². The summed E-state index contributed by atoms with van der Waals surface area (Å²) >= 11 is 0. The molecule has 122 valence electrons. The lowest BCUT2D eigenvalue weighted by Gasteiger charge is -2.10. The zero-order valence-corrected chi connectivity index (χ0v) is 13.9. The Balaban J connectivity index is 1.41. The summed E-state index contributed by atoms with van der Waals surface area (Å²) in [5, 5.41) is 0. The van der Waals surface area contributed by atoms with Crippen molar-refractivity contribution in [2.75, 3.05) is 19.7 Å². The molecule has 1 aliphatic heterocycles. The van der Waals surface area contributed by atoms with Crippen LogP contribution in [0.4, 0.5) is 0 Å². The molecular formula is C20H25NO2. The van der Waals surface area contributed by atoms with Gasteiger partial charge in [0.15, 0.2) is 0 Å². The second-order valence-electron chi connectivity index (χ2n) is 6.56. The quantitative estimate of drug-likeness (QED) is 0.688. The van der Waals surface area contributed by atoms with Gasteiger partial charge in [0.25, 0.3) is 0 Å². The van der Waals surface area contributed by atoms with Crippen LogP contribution in [-0.4, -0.2) is 30.6 Å². The van der Waals surface area contributed by atoms with Gasteiger partial charge in [-0.3, -0.25) is 4.90 Å². The van der Waals surface area contributed by atoms with E-state index in [-0.39, 0.29) is 0 Å². The molecule has 2 aromatic carbocycles. The Hall–Kier alpha value is -2.00. The van der Waals surface area contributed by atoms with E-state index in [1.807, 2.05) is 42.5 Å². The molecule has 0 aromatic heterocycles. The van der Waals surface area contributed by atoms with E-state index in [2.05, 4.69) is 30.9 Å². The van der Waals surface area contributed by atoms with E-state index in [9.17, 15) is 0 Å². The molecule has 2 aromatic rings. The molecule has 1 fully saturated rings. The minimum Gasteiger partial charge on any atom is -0.492 e. The van der Waals surface area contributed by atoms with E-state index in [0.717, 1.165) is 30.6 Å². The molecule has 2 atom stereocenters. The standard InChI is InChI=1S/C20H25NO2/c1-16(2)12-21-13-18(21)15-23-20-10-8-19(9-11-20)22-14-17-6-4-3-5-7-17/h3-11,16,18H,12-15H2,1-2H3. The normalized spacial score (nSPS) is 19.6. The Labute approximate surface area is 138 Å². The molecule has 0 radical (unpaired) electrons. The molecule has 0 amide bonds. The molecule has 1 saturated heterocycles. The van der Waals surface area contributed by atoms with Crippen molar-refractivity contribution in [1.29, 1.82) is 0 Å². The highest BCUT2D eigenvalue weighted by Crippen LogP contribution is 2.23. The van der Waals surface area contributed by atoms with Crippen molar-refractivity contribution < 1.29 is 9.47 Å². The first-order valence-corrected chi connectivity index (χ1v) is 8.34. The third-order valence-electron chi connectivity index (χ3n) is 3.94. The molecule has 3 nitrogen and oxygen atoms in total. The number of rotatable bonds is 8. The van der Waals surface area contributed by atoms with E-state index < -0.39 is 0 Å². The average Bonchev–Trinajstić information content (AvgIpc) is 3.30. The minimum atomic E-state index is 0.589. The van der Waals surface area contributed by atoms with E-state index in [1.54, 1.807) is 0 Å². The molecule has 0 aliphatic carbocycles. The maximum absolute atomic E-state index is 5.86. The highest BCUT2D eigenvalue weighted by atomic mass is 16.5.